The number of benzene rings is 1. The molecule has 1 N–H and O–H groups in total. The van der Waals surface area contributed by atoms with E-state index in [-0.39, 0.29) is 12.1 Å². The first kappa shape index (κ1) is 15.8. The van der Waals surface area contributed by atoms with Crippen LogP contribution in [-0.4, -0.2) is 18.8 Å². The van der Waals surface area contributed by atoms with E-state index < -0.39 is 0 Å². The zero-order valence-electron chi connectivity index (χ0n) is 13.0. The van der Waals surface area contributed by atoms with Crippen molar-refractivity contribution in [2.24, 2.45) is 0 Å². The highest BCUT2D eigenvalue weighted by Crippen LogP contribution is 2.34. The number of hydrogen-bond donors (Lipinski definition) is 1. The van der Waals surface area contributed by atoms with Crippen LogP contribution in [0.1, 0.15) is 55.8 Å². The number of halogens is 1. The Balaban J connectivity index is 2.28. The molecule has 0 aromatic heterocycles. The first-order chi connectivity index (χ1) is 9.52. The maximum Gasteiger partial charge on any atom is 0.0774 e. The molecule has 1 aromatic carbocycles. The summed E-state index contributed by atoms with van der Waals surface area (Å²) < 4.78 is 6.08. The van der Waals surface area contributed by atoms with E-state index in [2.05, 4.69) is 45.1 Å². The van der Waals surface area contributed by atoms with Crippen molar-refractivity contribution in [3.63, 3.8) is 0 Å². The normalized spacial score (nSPS) is 24.1. The first-order valence-corrected chi connectivity index (χ1v) is 8.06. The molecule has 0 radical (unpaired) electrons. The Morgan fingerprint density at radius 1 is 1.30 bits per heavy atom. The molecule has 1 heterocycles. The summed E-state index contributed by atoms with van der Waals surface area (Å²) >= 11 is 6.49. The number of aryl methyl sites for hydroxylation is 2. The van der Waals surface area contributed by atoms with Gasteiger partial charge in [0.2, 0.25) is 0 Å². The standard InChI is InChI=1S/C17H26ClNO/c1-5-8-19-17(16-7-6-13(4)20-16)14-9-11(2)12(3)10-15(14)18/h9-10,13,16-17,19H,5-8H2,1-4H3. The molecule has 1 aliphatic rings. The van der Waals surface area contributed by atoms with Crippen molar-refractivity contribution in [1.29, 1.82) is 0 Å². The van der Waals surface area contributed by atoms with Crippen molar-refractivity contribution < 1.29 is 4.74 Å². The van der Waals surface area contributed by atoms with Crippen LogP contribution in [0.4, 0.5) is 0 Å². The Morgan fingerprint density at radius 3 is 2.60 bits per heavy atom. The number of nitrogens with one attached hydrogen (secondary N) is 1. The second kappa shape index (κ2) is 6.93. The summed E-state index contributed by atoms with van der Waals surface area (Å²) in [4.78, 5) is 0. The number of ether oxygens (including phenoxy) is 1. The van der Waals surface area contributed by atoms with Crippen LogP contribution in [0, 0.1) is 13.8 Å². The quantitative estimate of drug-likeness (QED) is 0.859. The average molecular weight is 296 g/mol. The summed E-state index contributed by atoms with van der Waals surface area (Å²) in [6, 6.07) is 4.49. The van der Waals surface area contributed by atoms with E-state index in [9.17, 15) is 0 Å². The largest absolute Gasteiger partial charge is 0.373 e. The third kappa shape index (κ3) is 3.55. The van der Waals surface area contributed by atoms with Crippen LogP contribution in [0.2, 0.25) is 5.02 Å². The molecule has 1 aliphatic heterocycles. The molecule has 0 spiro atoms. The minimum atomic E-state index is 0.201. The minimum absolute atomic E-state index is 0.201. The second-order valence-corrected chi connectivity index (χ2v) is 6.36. The van der Waals surface area contributed by atoms with Crippen molar-refractivity contribution in [1.82, 2.24) is 5.32 Å². The van der Waals surface area contributed by atoms with Crippen LogP contribution in [0.25, 0.3) is 0 Å². The molecule has 2 rings (SSSR count). The van der Waals surface area contributed by atoms with Gasteiger partial charge in [-0.2, -0.15) is 0 Å². The molecule has 0 aliphatic carbocycles. The maximum atomic E-state index is 6.49. The third-order valence-corrected chi connectivity index (χ3v) is 4.53. The zero-order valence-corrected chi connectivity index (χ0v) is 13.8. The van der Waals surface area contributed by atoms with Gasteiger partial charge in [-0.25, -0.2) is 0 Å². The SMILES string of the molecule is CCCNC(c1cc(C)c(C)cc1Cl)C1CCC(C)O1. The molecule has 1 aromatic rings. The Kier molecular flexibility index (Phi) is 5.48. The van der Waals surface area contributed by atoms with Gasteiger partial charge in [0.25, 0.3) is 0 Å². The van der Waals surface area contributed by atoms with E-state index in [1.54, 1.807) is 0 Å². The molecular formula is C17H26ClNO. The molecule has 2 nitrogen and oxygen atoms in total. The summed E-state index contributed by atoms with van der Waals surface area (Å²) in [7, 11) is 0. The summed E-state index contributed by atoms with van der Waals surface area (Å²) in [5.41, 5.74) is 3.72. The van der Waals surface area contributed by atoms with Gasteiger partial charge in [0.1, 0.15) is 0 Å². The van der Waals surface area contributed by atoms with Gasteiger partial charge in [-0.3, -0.25) is 0 Å². The van der Waals surface area contributed by atoms with Gasteiger partial charge in [-0.15, -0.1) is 0 Å². The number of hydrogen-bond acceptors (Lipinski definition) is 2. The van der Waals surface area contributed by atoms with Gasteiger partial charge in [-0.05, 0) is 69.3 Å². The van der Waals surface area contributed by atoms with Crippen LogP contribution in [0.5, 0.6) is 0 Å². The molecular weight excluding hydrogens is 270 g/mol. The van der Waals surface area contributed by atoms with Crippen molar-refractivity contribution in [3.8, 4) is 0 Å². The predicted molar refractivity (Wildman–Crippen MR) is 85.5 cm³/mol. The Morgan fingerprint density at radius 2 is 2.00 bits per heavy atom. The molecule has 1 saturated heterocycles. The topological polar surface area (TPSA) is 21.3 Å². The Labute approximate surface area is 127 Å². The summed E-state index contributed by atoms with van der Waals surface area (Å²) in [6.45, 7) is 9.57. The van der Waals surface area contributed by atoms with Gasteiger partial charge in [0.15, 0.2) is 0 Å². The van der Waals surface area contributed by atoms with Gasteiger partial charge < -0.3 is 10.1 Å². The highest BCUT2D eigenvalue weighted by atomic mass is 35.5. The fraction of sp³-hybridized carbons (Fsp3) is 0.647. The lowest BCUT2D eigenvalue weighted by Crippen LogP contribution is -2.33. The van der Waals surface area contributed by atoms with E-state index in [0.29, 0.717) is 6.10 Å². The highest BCUT2D eigenvalue weighted by Gasteiger charge is 2.31. The number of rotatable bonds is 5. The van der Waals surface area contributed by atoms with Crippen LogP contribution < -0.4 is 5.32 Å². The van der Waals surface area contributed by atoms with Crippen LogP contribution >= 0.6 is 11.6 Å². The van der Waals surface area contributed by atoms with Crippen LogP contribution in [0.15, 0.2) is 12.1 Å². The van der Waals surface area contributed by atoms with Gasteiger partial charge in [-0.1, -0.05) is 24.6 Å². The van der Waals surface area contributed by atoms with Gasteiger partial charge >= 0.3 is 0 Å². The van der Waals surface area contributed by atoms with Crippen molar-refractivity contribution >= 4 is 11.6 Å². The van der Waals surface area contributed by atoms with Crippen molar-refractivity contribution in [2.45, 2.75) is 65.2 Å². The highest BCUT2D eigenvalue weighted by molar-refractivity contribution is 6.31. The molecule has 1 fully saturated rings. The zero-order chi connectivity index (χ0) is 14.7. The lowest BCUT2D eigenvalue weighted by atomic mass is 9.95. The van der Waals surface area contributed by atoms with E-state index >= 15 is 0 Å². The van der Waals surface area contributed by atoms with E-state index in [0.717, 1.165) is 30.8 Å². The fourth-order valence-electron chi connectivity index (χ4n) is 2.86. The summed E-state index contributed by atoms with van der Waals surface area (Å²) in [6.07, 6.45) is 3.94. The van der Waals surface area contributed by atoms with Crippen molar-refractivity contribution in [2.75, 3.05) is 6.54 Å². The van der Waals surface area contributed by atoms with E-state index in [4.69, 9.17) is 16.3 Å². The summed E-state index contributed by atoms with van der Waals surface area (Å²) in [5, 5.41) is 4.48. The monoisotopic (exact) mass is 295 g/mol. The molecule has 3 atom stereocenters. The first-order valence-electron chi connectivity index (χ1n) is 7.68. The molecule has 0 saturated carbocycles. The van der Waals surface area contributed by atoms with Gasteiger partial charge in [0.05, 0.1) is 18.2 Å². The summed E-state index contributed by atoms with van der Waals surface area (Å²) in [5.74, 6) is 0. The van der Waals surface area contributed by atoms with E-state index in [1.807, 2.05) is 0 Å². The fourth-order valence-corrected chi connectivity index (χ4v) is 3.20. The molecule has 20 heavy (non-hydrogen) atoms. The van der Waals surface area contributed by atoms with Gasteiger partial charge in [0, 0.05) is 5.02 Å². The van der Waals surface area contributed by atoms with Crippen LogP contribution in [0.3, 0.4) is 0 Å². The molecule has 0 bridgehead atoms. The molecule has 3 heteroatoms. The molecule has 3 unspecified atom stereocenters. The third-order valence-electron chi connectivity index (χ3n) is 4.20. The lowest BCUT2D eigenvalue weighted by molar-refractivity contribution is 0.0316. The smallest absolute Gasteiger partial charge is 0.0774 e. The maximum absolute atomic E-state index is 6.49. The van der Waals surface area contributed by atoms with Crippen molar-refractivity contribution in [3.05, 3.63) is 33.8 Å². The second-order valence-electron chi connectivity index (χ2n) is 5.95. The Bertz CT molecular complexity index is 461. The molecule has 0 amide bonds. The van der Waals surface area contributed by atoms with Crippen LogP contribution in [-0.2, 0) is 4.74 Å². The lowest BCUT2D eigenvalue weighted by Gasteiger charge is -2.27. The minimum Gasteiger partial charge on any atom is -0.373 e. The predicted octanol–water partition coefficient (Wildman–Crippen LogP) is 4.57. The van der Waals surface area contributed by atoms with E-state index in [1.165, 1.54) is 16.7 Å². The Hall–Kier alpha value is -0.570. The molecule has 112 valence electrons. The average Bonchev–Trinajstić information content (AvgIpc) is 2.82.